The van der Waals surface area contributed by atoms with Crippen LogP contribution in [0, 0.1) is 0 Å². The summed E-state index contributed by atoms with van der Waals surface area (Å²) in [4.78, 5) is 23.4. The number of rotatable bonds is 9. The number of carboxylic acids is 1. The van der Waals surface area contributed by atoms with E-state index in [-0.39, 0.29) is 19.1 Å². The second kappa shape index (κ2) is 10.2. The first-order chi connectivity index (χ1) is 13.2. The van der Waals surface area contributed by atoms with E-state index in [1.54, 1.807) is 38.1 Å². The first-order valence-electron chi connectivity index (χ1n) is 8.43. The SMILES string of the molecule is CC(C)OC(CC1=CC(NC(=O)COc2ccc(Cl)cc2Cl)=C=C=C1)C(=O)O. The van der Waals surface area contributed by atoms with Crippen LogP contribution in [0.3, 0.4) is 0 Å². The molecule has 1 atom stereocenters. The molecule has 0 bridgehead atoms. The lowest BCUT2D eigenvalue weighted by atomic mass is 10.0. The van der Waals surface area contributed by atoms with Gasteiger partial charge in [-0.15, -0.1) is 0 Å². The maximum absolute atomic E-state index is 12.1. The van der Waals surface area contributed by atoms with Crippen molar-refractivity contribution in [2.24, 2.45) is 0 Å². The third-order valence-corrected chi connectivity index (χ3v) is 3.98. The fourth-order valence-electron chi connectivity index (χ4n) is 2.31. The Morgan fingerprint density at radius 3 is 2.68 bits per heavy atom. The number of carbonyl (C=O) groups is 2. The van der Waals surface area contributed by atoms with Gasteiger partial charge in [-0.3, -0.25) is 4.79 Å². The minimum absolute atomic E-state index is 0.137. The van der Waals surface area contributed by atoms with Crippen LogP contribution in [0.2, 0.25) is 10.0 Å². The second-order valence-corrected chi connectivity index (χ2v) is 7.02. The number of hydrogen-bond acceptors (Lipinski definition) is 4. The van der Waals surface area contributed by atoms with E-state index in [2.05, 4.69) is 16.8 Å². The zero-order chi connectivity index (χ0) is 20.7. The van der Waals surface area contributed by atoms with E-state index in [0.717, 1.165) is 0 Å². The Kier molecular flexibility index (Phi) is 7.94. The molecule has 28 heavy (non-hydrogen) atoms. The zero-order valence-corrected chi connectivity index (χ0v) is 16.8. The Bertz CT molecular complexity index is 894. The smallest absolute Gasteiger partial charge is 0.333 e. The standard InChI is InChI=1S/C20H19Cl2NO5/c1-12(2)28-18(20(25)26)9-13-4-3-5-15(8-13)23-19(24)11-27-17-7-6-14(21)10-16(17)22/h4,6-8,10,12,18H,9,11H2,1-2H3,(H,23,24)(H,25,26). The number of benzene rings is 1. The van der Waals surface area contributed by atoms with Gasteiger partial charge in [-0.2, -0.15) is 0 Å². The Hall–Kier alpha value is -2.46. The Morgan fingerprint density at radius 2 is 2.04 bits per heavy atom. The molecule has 8 heteroatoms. The van der Waals surface area contributed by atoms with Gasteiger partial charge in [0.05, 0.1) is 16.8 Å². The van der Waals surface area contributed by atoms with Gasteiger partial charge in [0.1, 0.15) is 5.75 Å². The van der Waals surface area contributed by atoms with Crippen molar-refractivity contribution in [3.05, 3.63) is 63.1 Å². The van der Waals surface area contributed by atoms with Gasteiger partial charge in [0.2, 0.25) is 0 Å². The molecule has 148 valence electrons. The van der Waals surface area contributed by atoms with Crippen LogP contribution in [0.4, 0.5) is 0 Å². The zero-order valence-electron chi connectivity index (χ0n) is 15.3. The molecule has 1 amide bonds. The van der Waals surface area contributed by atoms with Gasteiger partial charge in [0.25, 0.3) is 5.91 Å². The van der Waals surface area contributed by atoms with Gasteiger partial charge in [-0.1, -0.05) is 28.9 Å². The molecule has 0 fully saturated rings. The van der Waals surface area contributed by atoms with E-state index in [9.17, 15) is 14.7 Å². The molecule has 2 N–H and O–H groups in total. The molecule has 1 aliphatic rings. The van der Waals surface area contributed by atoms with Crippen LogP contribution < -0.4 is 10.1 Å². The summed E-state index contributed by atoms with van der Waals surface area (Å²) in [6, 6.07) is 4.69. The largest absolute Gasteiger partial charge is 0.482 e. The lowest BCUT2D eigenvalue weighted by Gasteiger charge is -2.17. The van der Waals surface area contributed by atoms with Gasteiger partial charge in [-0.25, -0.2) is 4.79 Å². The summed E-state index contributed by atoms with van der Waals surface area (Å²) in [5.74, 6) is -1.15. The fraction of sp³-hybridized carbons (Fsp3) is 0.300. The quantitative estimate of drug-likeness (QED) is 0.588. The summed E-state index contributed by atoms with van der Waals surface area (Å²) in [6.45, 7) is 3.26. The van der Waals surface area contributed by atoms with Gasteiger partial charge < -0.3 is 19.9 Å². The Morgan fingerprint density at radius 1 is 1.29 bits per heavy atom. The number of ether oxygens (including phenoxy) is 2. The monoisotopic (exact) mass is 423 g/mol. The maximum atomic E-state index is 12.1. The van der Waals surface area contributed by atoms with E-state index >= 15 is 0 Å². The van der Waals surface area contributed by atoms with Crippen LogP contribution in [-0.2, 0) is 14.3 Å². The molecule has 0 saturated heterocycles. The lowest BCUT2D eigenvalue weighted by molar-refractivity contribution is -0.153. The highest BCUT2D eigenvalue weighted by Gasteiger charge is 2.21. The molecule has 6 nitrogen and oxygen atoms in total. The number of carbonyl (C=O) groups excluding carboxylic acids is 1. The molecule has 0 aliphatic heterocycles. The van der Waals surface area contributed by atoms with Crippen LogP contribution >= 0.6 is 23.2 Å². The van der Waals surface area contributed by atoms with E-state index < -0.39 is 18.0 Å². The summed E-state index contributed by atoms with van der Waals surface area (Å²) < 4.78 is 10.8. The number of allylic oxidation sites excluding steroid dienone is 2. The second-order valence-electron chi connectivity index (χ2n) is 6.17. The highest BCUT2D eigenvalue weighted by molar-refractivity contribution is 6.35. The summed E-state index contributed by atoms with van der Waals surface area (Å²) in [5, 5.41) is 12.6. The third-order valence-electron chi connectivity index (χ3n) is 3.45. The Labute approximate surface area is 172 Å². The van der Waals surface area contributed by atoms with Crippen LogP contribution in [0.25, 0.3) is 0 Å². The molecule has 0 spiro atoms. The molecule has 0 saturated carbocycles. The molecule has 0 radical (unpaired) electrons. The number of halogens is 2. The maximum Gasteiger partial charge on any atom is 0.333 e. The first kappa shape index (κ1) is 21.8. The van der Waals surface area contributed by atoms with Gasteiger partial charge >= 0.3 is 5.97 Å². The molecule has 0 heterocycles. The van der Waals surface area contributed by atoms with Crippen LogP contribution in [0.15, 0.2) is 53.1 Å². The first-order valence-corrected chi connectivity index (χ1v) is 9.18. The average molecular weight is 424 g/mol. The number of amides is 1. The topological polar surface area (TPSA) is 84.9 Å². The number of hydrogen-bond donors (Lipinski definition) is 2. The molecule has 1 aliphatic carbocycles. The number of aliphatic carboxylic acids is 1. The normalized spacial score (nSPS) is 13.8. The summed E-state index contributed by atoms with van der Waals surface area (Å²) in [7, 11) is 0. The predicted octanol–water partition coefficient (Wildman–Crippen LogP) is 3.89. The van der Waals surface area contributed by atoms with Crippen molar-refractivity contribution in [3.63, 3.8) is 0 Å². The van der Waals surface area contributed by atoms with E-state index in [4.69, 9.17) is 32.7 Å². The minimum atomic E-state index is -1.06. The van der Waals surface area contributed by atoms with Crippen LogP contribution in [0.1, 0.15) is 20.3 Å². The van der Waals surface area contributed by atoms with Crippen molar-refractivity contribution in [2.75, 3.05) is 6.61 Å². The summed E-state index contributed by atoms with van der Waals surface area (Å²) in [5.41, 5.74) is 6.50. The molecular formula is C20H19Cl2NO5. The van der Waals surface area contributed by atoms with Crippen molar-refractivity contribution >= 4 is 35.1 Å². The van der Waals surface area contributed by atoms with E-state index in [1.807, 2.05) is 0 Å². The third kappa shape index (κ3) is 6.93. The highest BCUT2D eigenvalue weighted by atomic mass is 35.5. The molecule has 0 aromatic heterocycles. The number of carboxylic acid groups (broad SMARTS) is 1. The van der Waals surface area contributed by atoms with E-state index in [0.29, 0.717) is 27.1 Å². The van der Waals surface area contributed by atoms with Crippen LogP contribution in [0.5, 0.6) is 5.75 Å². The highest BCUT2D eigenvalue weighted by Crippen LogP contribution is 2.27. The fourth-order valence-corrected chi connectivity index (χ4v) is 2.78. The lowest BCUT2D eigenvalue weighted by Crippen LogP contribution is -2.29. The Balaban J connectivity index is 1.94. The van der Waals surface area contributed by atoms with Crippen molar-refractivity contribution in [2.45, 2.75) is 32.5 Å². The summed E-state index contributed by atoms with van der Waals surface area (Å²) in [6.07, 6.45) is 2.13. The van der Waals surface area contributed by atoms with Crippen molar-refractivity contribution in [1.82, 2.24) is 5.32 Å². The molecular weight excluding hydrogens is 405 g/mol. The predicted molar refractivity (Wildman–Crippen MR) is 106 cm³/mol. The minimum Gasteiger partial charge on any atom is -0.482 e. The van der Waals surface area contributed by atoms with Crippen molar-refractivity contribution < 1.29 is 24.2 Å². The molecule has 1 aromatic carbocycles. The average Bonchev–Trinajstić information content (AvgIpc) is 2.60. The van der Waals surface area contributed by atoms with Crippen molar-refractivity contribution in [3.8, 4) is 5.75 Å². The van der Waals surface area contributed by atoms with Gasteiger partial charge in [0.15, 0.2) is 12.7 Å². The number of nitrogens with one attached hydrogen (secondary N) is 1. The molecule has 1 unspecified atom stereocenters. The summed E-state index contributed by atoms with van der Waals surface area (Å²) >= 11 is 11.8. The van der Waals surface area contributed by atoms with Crippen LogP contribution in [-0.4, -0.2) is 35.8 Å². The van der Waals surface area contributed by atoms with Crippen molar-refractivity contribution in [1.29, 1.82) is 0 Å². The van der Waals surface area contributed by atoms with E-state index in [1.165, 1.54) is 6.07 Å². The molecule has 2 rings (SSSR count). The molecule has 1 aromatic rings. The van der Waals surface area contributed by atoms with Gasteiger partial charge in [-0.05, 0) is 55.5 Å². The van der Waals surface area contributed by atoms with Gasteiger partial charge in [0, 0.05) is 11.4 Å².